The summed E-state index contributed by atoms with van der Waals surface area (Å²) in [4.78, 5) is 2.16. The first-order valence-corrected chi connectivity index (χ1v) is 6.71. The van der Waals surface area contributed by atoms with E-state index in [1.165, 1.54) is 0 Å². The fraction of sp³-hybridized carbons (Fsp3) is 1.00. The van der Waals surface area contributed by atoms with Crippen LogP contribution in [0.5, 0.6) is 0 Å². The zero-order chi connectivity index (χ0) is 14.0. The summed E-state index contributed by atoms with van der Waals surface area (Å²) in [7, 11) is 4.13. The van der Waals surface area contributed by atoms with Gasteiger partial charge in [-0.15, -0.1) is 0 Å². The van der Waals surface area contributed by atoms with Crippen molar-refractivity contribution in [1.29, 1.82) is 0 Å². The zero-order valence-corrected chi connectivity index (χ0v) is 12.4. The Bertz CT molecular complexity index is 201. The molecule has 0 heterocycles. The van der Waals surface area contributed by atoms with Crippen LogP contribution in [0.3, 0.4) is 0 Å². The van der Waals surface area contributed by atoms with E-state index in [1.807, 2.05) is 0 Å². The summed E-state index contributed by atoms with van der Waals surface area (Å²) in [6.45, 7) is 8.03. The molecular weight excluding hydrogens is 230 g/mol. The average Bonchev–Trinajstić information content (AvgIpc) is 2.24. The smallest absolute Gasteiger partial charge is 0.0554 e. The highest BCUT2D eigenvalue weighted by Crippen LogP contribution is 2.19. The van der Waals surface area contributed by atoms with E-state index in [-0.39, 0.29) is 11.6 Å². The lowest BCUT2D eigenvalue weighted by Crippen LogP contribution is -2.40. The van der Waals surface area contributed by atoms with Gasteiger partial charge in [-0.2, -0.15) is 0 Å². The van der Waals surface area contributed by atoms with E-state index in [9.17, 15) is 0 Å². The summed E-state index contributed by atoms with van der Waals surface area (Å²) >= 11 is 0. The third-order valence-electron chi connectivity index (χ3n) is 2.54. The first-order valence-electron chi connectivity index (χ1n) is 6.71. The topological polar surface area (TPSA) is 73.7 Å². The van der Waals surface area contributed by atoms with E-state index < -0.39 is 0 Å². The molecule has 0 rings (SSSR count). The molecular formula is C13H31N3O2. The van der Waals surface area contributed by atoms with Crippen LogP contribution in [0.1, 0.15) is 26.7 Å². The number of hydrogen-bond acceptors (Lipinski definition) is 5. The molecule has 0 spiro atoms. The van der Waals surface area contributed by atoms with Gasteiger partial charge >= 0.3 is 0 Å². The third kappa shape index (κ3) is 9.79. The molecule has 110 valence electrons. The molecule has 0 aromatic rings. The SMILES string of the molecule is CCCOCC(C)(COCCC(N)N)CN(C)C. The molecule has 0 saturated carbocycles. The molecule has 0 aliphatic rings. The van der Waals surface area contributed by atoms with Gasteiger partial charge < -0.3 is 25.8 Å². The zero-order valence-electron chi connectivity index (χ0n) is 12.4. The summed E-state index contributed by atoms with van der Waals surface area (Å²) in [5, 5.41) is 0. The Morgan fingerprint density at radius 2 is 1.67 bits per heavy atom. The van der Waals surface area contributed by atoms with Crippen LogP contribution in [0.2, 0.25) is 0 Å². The summed E-state index contributed by atoms with van der Waals surface area (Å²) in [5.41, 5.74) is 11.0. The fourth-order valence-electron chi connectivity index (χ4n) is 1.90. The Hall–Kier alpha value is -0.200. The van der Waals surface area contributed by atoms with Crippen LogP contribution in [0.15, 0.2) is 0 Å². The molecule has 5 nitrogen and oxygen atoms in total. The minimum atomic E-state index is -0.290. The van der Waals surface area contributed by atoms with Crippen LogP contribution in [0.4, 0.5) is 0 Å². The lowest BCUT2D eigenvalue weighted by atomic mass is 9.92. The van der Waals surface area contributed by atoms with E-state index in [2.05, 4.69) is 32.8 Å². The molecule has 0 aromatic heterocycles. The van der Waals surface area contributed by atoms with Gasteiger partial charge in [-0.3, -0.25) is 0 Å². The van der Waals surface area contributed by atoms with Crippen molar-refractivity contribution < 1.29 is 9.47 Å². The Morgan fingerprint density at radius 1 is 1.11 bits per heavy atom. The largest absolute Gasteiger partial charge is 0.381 e. The van der Waals surface area contributed by atoms with Gasteiger partial charge in [0.1, 0.15) is 0 Å². The molecule has 18 heavy (non-hydrogen) atoms. The molecule has 0 saturated heterocycles. The number of nitrogens with two attached hydrogens (primary N) is 2. The van der Waals surface area contributed by atoms with Crippen LogP contribution < -0.4 is 11.5 Å². The molecule has 5 heteroatoms. The molecule has 0 amide bonds. The van der Waals surface area contributed by atoms with Crippen LogP contribution in [0, 0.1) is 5.41 Å². The predicted molar refractivity (Wildman–Crippen MR) is 75.4 cm³/mol. The van der Waals surface area contributed by atoms with Crippen molar-refractivity contribution in [2.75, 3.05) is 47.1 Å². The lowest BCUT2D eigenvalue weighted by Gasteiger charge is -2.32. The van der Waals surface area contributed by atoms with Crippen molar-refractivity contribution >= 4 is 0 Å². The van der Waals surface area contributed by atoms with Crippen molar-refractivity contribution in [2.45, 2.75) is 32.9 Å². The van der Waals surface area contributed by atoms with Crippen LogP contribution in [-0.4, -0.2) is 58.1 Å². The Kier molecular flexibility index (Phi) is 9.59. The Labute approximate surface area is 112 Å². The molecule has 0 bridgehead atoms. The highest BCUT2D eigenvalue weighted by molar-refractivity contribution is 4.76. The standard InChI is InChI=1S/C13H31N3O2/c1-5-7-17-10-13(2,9-16(3)4)11-18-8-6-12(14)15/h12H,5-11,14-15H2,1-4H3. The molecule has 0 fully saturated rings. The van der Waals surface area contributed by atoms with Crippen LogP contribution >= 0.6 is 0 Å². The third-order valence-corrected chi connectivity index (χ3v) is 2.54. The van der Waals surface area contributed by atoms with E-state index in [1.54, 1.807) is 0 Å². The number of ether oxygens (including phenoxy) is 2. The van der Waals surface area contributed by atoms with Crippen molar-refractivity contribution in [3.8, 4) is 0 Å². The van der Waals surface area contributed by atoms with E-state index in [0.29, 0.717) is 26.2 Å². The summed E-state index contributed by atoms with van der Waals surface area (Å²) in [6.07, 6.45) is 1.44. The van der Waals surface area contributed by atoms with Gasteiger partial charge in [-0.05, 0) is 26.9 Å². The lowest BCUT2D eigenvalue weighted by molar-refractivity contribution is -0.0254. The summed E-state index contributed by atoms with van der Waals surface area (Å²) in [6, 6.07) is 0. The van der Waals surface area contributed by atoms with E-state index in [0.717, 1.165) is 19.6 Å². The van der Waals surface area contributed by atoms with Crippen molar-refractivity contribution in [3.63, 3.8) is 0 Å². The van der Waals surface area contributed by atoms with Gasteiger partial charge in [-0.1, -0.05) is 13.8 Å². The van der Waals surface area contributed by atoms with Gasteiger partial charge in [0.2, 0.25) is 0 Å². The molecule has 0 radical (unpaired) electrons. The van der Waals surface area contributed by atoms with E-state index >= 15 is 0 Å². The molecule has 1 unspecified atom stereocenters. The summed E-state index contributed by atoms with van der Waals surface area (Å²) < 4.78 is 11.3. The molecule has 0 aliphatic carbocycles. The quantitative estimate of drug-likeness (QED) is 0.421. The summed E-state index contributed by atoms with van der Waals surface area (Å²) in [5.74, 6) is 0. The first kappa shape index (κ1) is 17.8. The number of nitrogens with zero attached hydrogens (tertiary/aromatic N) is 1. The molecule has 1 atom stereocenters. The van der Waals surface area contributed by atoms with Gasteiger partial charge in [0.25, 0.3) is 0 Å². The molecule has 4 N–H and O–H groups in total. The number of rotatable bonds is 11. The highest BCUT2D eigenvalue weighted by Gasteiger charge is 2.26. The predicted octanol–water partition coefficient (Wildman–Crippen LogP) is 0.631. The number of hydrogen-bond donors (Lipinski definition) is 2. The minimum absolute atomic E-state index is 0.0113. The van der Waals surface area contributed by atoms with Gasteiger partial charge in [-0.25, -0.2) is 0 Å². The minimum Gasteiger partial charge on any atom is -0.381 e. The van der Waals surface area contributed by atoms with Crippen LogP contribution in [0.25, 0.3) is 0 Å². The van der Waals surface area contributed by atoms with Crippen molar-refractivity contribution in [2.24, 2.45) is 16.9 Å². The Balaban J connectivity index is 4.03. The maximum atomic E-state index is 5.67. The average molecular weight is 261 g/mol. The fourth-order valence-corrected chi connectivity index (χ4v) is 1.90. The highest BCUT2D eigenvalue weighted by atomic mass is 16.5. The first-order chi connectivity index (χ1) is 8.39. The van der Waals surface area contributed by atoms with Crippen molar-refractivity contribution in [1.82, 2.24) is 4.90 Å². The maximum Gasteiger partial charge on any atom is 0.0554 e. The van der Waals surface area contributed by atoms with Gasteiger partial charge in [0.15, 0.2) is 0 Å². The maximum absolute atomic E-state index is 5.67. The normalized spacial score (nSPS) is 15.3. The molecule has 0 aromatic carbocycles. The van der Waals surface area contributed by atoms with Gasteiger partial charge in [0.05, 0.1) is 19.4 Å². The van der Waals surface area contributed by atoms with Gasteiger partial charge in [0, 0.05) is 25.2 Å². The second-order valence-corrected chi connectivity index (χ2v) is 5.61. The Morgan fingerprint density at radius 3 is 2.11 bits per heavy atom. The molecule has 0 aliphatic heterocycles. The second-order valence-electron chi connectivity index (χ2n) is 5.61. The monoisotopic (exact) mass is 261 g/mol. The second kappa shape index (κ2) is 9.69. The van der Waals surface area contributed by atoms with E-state index in [4.69, 9.17) is 20.9 Å². The van der Waals surface area contributed by atoms with Crippen molar-refractivity contribution in [3.05, 3.63) is 0 Å². The van der Waals surface area contributed by atoms with Crippen LogP contribution in [-0.2, 0) is 9.47 Å².